The molecule has 0 atom stereocenters. The van der Waals surface area contributed by atoms with Crippen LogP contribution in [0.25, 0.3) is 16.8 Å². The molecule has 1 fully saturated rings. The van der Waals surface area contributed by atoms with Gasteiger partial charge in [-0.25, -0.2) is 0 Å². The number of aromatic amines is 1. The molecule has 118 valence electrons. The van der Waals surface area contributed by atoms with E-state index in [2.05, 4.69) is 15.0 Å². The van der Waals surface area contributed by atoms with Crippen molar-refractivity contribution < 1.29 is 0 Å². The fourth-order valence-corrected chi connectivity index (χ4v) is 3.27. The van der Waals surface area contributed by atoms with E-state index in [-0.39, 0.29) is 5.56 Å². The predicted molar refractivity (Wildman–Crippen MR) is 90.8 cm³/mol. The molecule has 1 aliphatic heterocycles. The lowest BCUT2D eigenvalue weighted by molar-refractivity contribution is 0.327. The van der Waals surface area contributed by atoms with Gasteiger partial charge in [0.25, 0.3) is 5.56 Å². The quantitative estimate of drug-likeness (QED) is 0.804. The Morgan fingerprint density at radius 2 is 1.91 bits per heavy atom. The molecule has 3 heterocycles. The van der Waals surface area contributed by atoms with Gasteiger partial charge in [0.05, 0.1) is 6.20 Å². The number of nitrogens with one attached hydrogen (secondary N) is 1. The van der Waals surface area contributed by atoms with Gasteiger partial charge in [0.15, 0.2) is 0 Å². The number of nitrogens with zero attached hydrogens (tertiary/aromatic N) is 3. The largest absolute Gasteiger partial charge is 0.342 e. The molecule has 1 saturated heterocycles. The van der Waals surface area contributed by atoms with Gasteiger partial charge in [-0.2, -0.15) is 9.61 Å². The van der Waals surface area contributed by atoms with Crippen molar-refractivity contribution in [3.63, 3.8) is 0 Å². The maximum Gasteiger partial charge on any atom is 0.274 e. The maximum absolute atomic E-state index is 12.3. The molecule has 0 spiro atoms. The molecular weight excluding hydrogens is 312 g/mol. The lowest BCUT2D eigenvalue weighted by Gasteiger charge is -2.14. The molecule has 0 radical (unpaired) electrons. The van der Waals surface area contributed by atoms with Crippen LogP contribution in [0.5, 0.6) is 0 Å². The fraction of sp³-hybridized carbons (Fsp3) is 0.294. The molecule has 1 N–H and O–H groups in total. The van der Waals surface area contributed by atoms with E-state index in [0.717, 1.165) is 42.1 Å². The third-order valence-electron chi connectivity index (χ3n) is 4.30. The van der Waals surface area contributed by atoms with E-state index < -0.39 is 0 Å². The Kier molecular flexibility index (Phi) is 3.67. The molecule has 0 amide bonds. The summed E-state index contributed by atoms with van der Waals surface area (Å²) in [6.07, 6.45) is 4.18. The van der Waals surface area contributed by atoms with Crippen LogP contribution in [0.1, 0.15) is 18.5 Å². The zero-order valence-electron chi connectivity index (χ0n) is 12.6. The molecule has 6 heteroatoms. The van der Waals surface area contributed by atoms with Gasteiger partial charge in [0.2, 0.25) is 0 Å². The van der Waals surface area contributed by atoms with E-state index >= 15 is 0 Å². The Balaban J connectivity index is 1.78. The normalized spacial score (nSPS) is 15.5. The second-order valence-electron chi connectivity index (χ2n) is 5.94. The summed E-state index contributed by atoms with van der Waals surface area (Å²) >= 11 is 5.95. The molecule has 1 aliphatic rings. The molecule has 0 saturated carbocycles. The second-order valence-corrected chi connectivity index (χ2v) is 6.38. The van der Waals surface area contributed by atoms with Crippen LogP contribution in [0.15, 0.2) is 41.3 Å². The van der Waals surface area contributed by atoms with Crippen LogP contribution in [0.2, 0.25) is 5.02 Å². The molecule has 1 aromatic carbocycles. The lowest BCUT2D eigenvalue weighted by Crippen LogP contribution is -2.22. The number of hydrogen-bond donors (Lipinski definition) is 1. The third-order valence-corrected chi connectivity index (χ3v) is 4.55. The van der Waals surface area contributed by atoms with Gasteiger partial charge in [-0.15, -0.1) is 0 Å². The summed E-state index contributed by atoms with van der Waals surface area (Å²) in [7, 11) is 0. The first kappa shape index (κ1) is 14.5. The first-order valence-electron chi connectivity index (χ1n) is 7.79. The number of benzene rings is 1. The zero-order valence-corrected chi connectivity index (χ0v) is 13.4. The van der Waals surface area contributed by atoms with Crippen molar-refractivity contribution in [2.75, 3.05) is 13.1 Å². The lowest BCUT2D eigenvalue weighted by atomic mass is 10.1. The van der Waals surface area contributed by atoms with Crippen molar-refractivity contribution in [2.24, 2.45) is 0 Å². The van der Waals surface area contributed by atoms with Gasteiger partial charge >= 0.3 is 0 Å². The molecule has 4 rings (SSSR count). The minimum absolute atomic E-state index is 0.104. The van der Waals surface area contributed by atoms with Gasteiger partial charge in [-0.3, -0.25) is 9.69 Å². The summed E-state index contributed by atoms with van der Waals surface area (Å²) in [6.45, 7) is 2.96. The van der Waals surface area contributed by atoms with Gasteiger partial charge in [-0.1, -0.05) is 23.7 Å². The Hall–Kier alpha value is -2.11. The summed E-state index contributed by atoms with van der Waals surface area (Å²) in [4.78, 5) is 18.1. The Bertz CT molecular complexity index is 891. The van der Waals surface area contributed by atoms with E-state index in [0.29, 0.717) is 5.02 Å². The first-order chi connectivity index (χ1) is 11.2. The number of hydrogen-bond acceptors (Lipinski definition) is 3. The average molecular weight is 329 g/mol. The van der Waals surface area contributed by atoms with Crippen molar-refractivity contribution in [3.8, 4) is 11.1 Å². The maximum atomic E-state index is 12.3. The number of rotatable bonds is 3. The Morgan fingerprint density at radius 3 is 2.65 bits per heavy atom. The molecule has 0 unspecified atom stereocenters. The fourth-order valence-electron chi connectivity index (χ4n) is 3.14. The van der Waals surface area contributed by atoms with Gasteiger partial charge in [-0.05, 0) is 43.6 Å². The molecule has 23 heavy (non-hydrogen) atoms. The summed E-state index contributed by atoms with van der Waals surface area (Å²) in [6, 6.07) is 9.19. The highest BCUT2D eigenvalue weighted by molar-refractivity contribution is 6.30. The predicted octanol–water partition coefficient (Wildman–Crippen LogP) is 2.94. The van der Waals surface area contributed by atoms with Crippen LogP contribution < -0.4 is 5.56 Å². The van der Waals surface area contributed by atoms with E-state index in [4.69, 9.17) is 11.6 Å². The van der Waals surface area contributed by atoms with Crippen LogP contribution in [-0.2, 0) is 6.54 Å². The molecular formula is C17H17ClN4O. The summed E-state index contributed by atoms with van der Waals surface area (Å²) in [5.74, 6) is 0. The van der Waals surface area contributed by atoms with Crippen molar-refractivity contribution in [1.82, 2.24) is 19.5 Å². The van der Waals surface area contributed by atoms with Crippen molar-refractivity contribution in [1.29, 1.82) is 0 Å². The van der Waals surface area contributed by atoms with Gasteiger partial charge < -0.3 is 4.98 Å². The molecule has 2 aromatic heterocycles. The summed E-state index contributed by atoms with van der Waals surface area (Å²) in [5, 5.41) is 4.90. The molecule has 0 bridgehead atoms. The number of fused-ring (bicyclic) bond motifs is 1. The van der Waals surface area contributed by atoms with Crippen molar-refractivity contribution in [3.05, 3.63) is 57.6 Å². The second kappa shape index (κ2) is 5.83. The SMILES string of the molecule is O=c1cc(CN2CCCC2)[nH]c2c(-c3ccc(Cl)cc3)cnn12. The van der Waals surface area contributed by atoms with Crippen LogP contribution in [-0.4, -0.2) is 32.6 Å². The molecule has 0 aliphatic carbocycles. The topological polar surface area (TPSA) is 53.4 Å². The summed E-state index contributed by atoms with van der Waals surface area (Å²) < 4.78 is 1.41. The first-order valence-corrected chi connectivity index (χ1v) is 8.17. The van der Waals surface area contributed by atoms with Gasteiger partial charge in [0, 0.05) is 28.9 Å². The smallest absolute Gasteiger partial charge is 0.274 e. The minimum atomic E-state index is -0.104. The van der Waals surface area contributed by atoms with E-state index in [1.165, 1.54) is 17.4 Å². The van der Waals surface area contributed by atoms with Crippen LogP contribution in [0, 0.1) is 0 Å². The average Bonchev–Trinajstić information content (AvgIpc) is 3.18. The van der Waals surface area contributed by atoms with Crippen molar-refractivity contribution in [2.45, 2.75) is 19.4 Å². The molecule has 3 aromatic rings. The van der Waals surface area contributed by atoms with Crippen LogP contribution in [0.3, 0.4) is 0 Å². The molecule has 5 nitrogen and oxygen atoms in total. The third kappa shape index (κ3) is 2.78. The zero-order chi connectivity index (χ0) is 15.8. The Morgan fingerprint density at radius 1 is 1.17 bits per heavy atom. The van der Waals surface area contributed by atoms with Crippen LogP contribution >= 0.6 is 11.6 Å². The van der Waals surface area contributed by atoms with Gasteiger partial charge in [0.1, 0.15) is 5.65 Å². The highest BCUT2D eigenvalue weighted by atomic mass is 35.5. The minimum Gasteiger partial charge on any atom is -0.342 e. The monoisotopic (exact) mass is 328 g/mol. The standard InChI is InChI=1S/C17H17ClN4O/c18-13-5-3-12(4-6-13)15-10-19-22-16(23)9-14(20-17(15)22)11-21-7-1-2-8-21/h3-6,9-10,20H,1-2,7-8,11H2. The van der Waals surface area contributed by atoms with E-state index in [1.807, 2.05) is 24.3 Å². The summed E-state index contributed by atoms with van der Waals surface area (Å²) in [5.41, 5.74) is 3.45. The van der Waals surface area contributed by atoms with Crippen molar-refractivity contribution >= 4 is 17.2 Å². The Labute approximate surface area is 138 Å². The highest BCUT2D eigenvalue weighted by Crippen LogP contribution is 2.24. The van der Waals surface area contributed by atoms with Crippen LogP contribution in [0.4, 0.5) is 0 Å². The number of H-pyrrole nitrogens is 1. The number of halogens is 1. The van der Waals surface area contributed by atoms with E-state index in [1.54, 1.807) is 12.3 Å². The highest BCUT2D eigenvalue weighted by Gasteiger charge is 2.15. The number of aromatic nitrogens is 3. The van der Waals surface area contributed by atoms with E-state index in [9.17, 15) is 4.79 Å². The number of likely N-dealkylation sites (tertiary alicyclic amines) is 1.